The fraction of sp³-hybridized carbons (Fsp3) is 0.286. The summed E-state index contributed by atoms with van der Waals surface area (Å²) in [6, 6.07) is 16.6. The molecule has 5 nitrogen and oxygen atoms in total. The quantitative estimate of drug-likeness (QED) is 0.655. The minimum absolute atomic E-state index is 0.141. The molecule has 0 spiro atoms. The summed E-state index contributed by atoms with van der Waals surface area (Å²) >= 11 is 3.37. The average Bonchev–Trinajstić information content (AvgIpc) is 3.01. The Hall–Kier alpha value is -2.47. The third-order valence-corrected chi connectivity index (χ3v) is 5.18. The molecule has 1 heterocycles. The molecule has 2 atom stereocenters. The first-order valence-corrected chi connectivity index (χ1v) is 9.53. The van der Waals surface area contributed by atoms with E-state index in [1.807, 2.05) is 54.6 Å². The first-order valence-electron chi connectivity index (χ1n) is 8.74. The molecule has 0 bridgehead atoms. The largest absolute Gasteiger partial charge is 0.447 e. The molecule has 3 rings (SSSR count). The summed E-state index contributed by atoms with van der Waals surface area (Å²) < 4.78 is 6.04. The maximum absolute atomic E-state index is 13.1. The van der Waals surface area contributed by atoms with Gasteiger partial charge in [-0.1, -0.05) is 58.4 Å². The Morgan fingerprint density at radius 1 is 1.11 bits per heavy atom. The van der Waals surface area contributed by atoms with E-state index >= 15 is 0 Å². The zero-order valence-electron chi connectivity index (χ0n) is 14.9. The number of hydrogen-bond donors (Lipinski definition) is 0. The van der Waals surface area contributed by atoms with Crippen molar-refractivity contribution in [2.45, 2.75) is 25.8 Å². The average molecular weight is 430 g/mol. The van der Waals surface area contributed by atoms with E-state index in [4.69, 9.17) is 4.74 Å². The summed E-state index contributed by atoms with van der Waals surface area (Å²) in [4.78, 5) is 38.6. The molecule has 140 valence electrons. The fourth-order valence-corrected chi connectivity index (χ4v) is 3.46. The number of cyclic esters (lactones) is 1. The molecule has 0 radical (unpaired) electrons. The molecule has 1 fully saturated rings. The van der Waals surface area contributed by atoms with Crippen LogP contribution < -0.4 is 0 Å². The number of amides is 2. The van der Waals surface area contributed by atoms with Crippen LogP contribution in [-0.4, -0.2) is 35.3 Å². The van der Waals surface area contributed by atoms with Crippen molar-refractivity contribution >= 4 is 33.7 Å². The van der Waals surface area contributed by atoms with E-state index in [9.17, 15) is 14.4 Å². The molecule has 2 aromatic rings. The zero-order valence-corrected chi connectivity index (χ0v) is 16.5. The Bertz CT molecular complexity index is 835. The minimum atomic E-state index is -0.907. The van der Waals surface area contributed by atoms with E-state index in [-0.39, 0.29) is 18.8 Å². The van der Waals surface area contributed by atoms with E-state index in [0.717, 1.165) is 20.5 Å². The van der Waals surface area contributed by atoms with Gasteiger partial charge in [0.1, 0.15) is 18.3 Å². The Balaban J connectivity index is 1.79. The van der Waals surface area contributed by atoms with Crippen molar-refractivity contribution in [3.05, 3.63) is 70.2 Å². The van der Waals surface area contributed by atoms with Crippen LogP contribution in [0.5, 0.6) is 0 Å². The van der Waals surface area contributed by atoms with E-state index in [1.54, 1.807) is 0 Å². The van der Waals surface area contributed by atoms with Gasteiger partial charge in [-0.25, -0.2) is 9.69 Å². The van der Waals surface area contributed by atoms with Crippen molar-refractivity contribution in [1.82, 2.24) is 4.90 Å². The lowest BCUT2D eigenvalue weighted by Crippen LogP contribution is -2.45. The fourth-order valence-electron chi connectivity index (χ4n) is 3.20. The normalized spacial score (nSPS) is 17.5. The standard InChI is InChI=1S/C21H20BrNO4/c1-14(24)19(12-16-7-9-17(22)10-8-16)20(25)23-18(13-27-21(23)26)11-15-5-3-2-4-6-15/h2-10,18-19H,11-13H2,1H3/t18-,19+/m1/s1. The molecule has 0 N–H and O–H groups in total. The van der Waals surface area contributed by atoms with Crippen LogP contribution in [0.1, 0.15) is 18.1 Å². The molecule has 2 aromatic carbocycles. The highest BCUT2D eigenvalue weighted by molar-refractivity contribution is 9.10. The second-order valence-electron chi connectivity index (χ2n) is 6.62. The molecule has 0 aliphatic carbocycles. The van der Waals surface area contributed by atoms with E-state index < -0.39 is 24.0 Å². The lowest BCUT2D eigenvalue weighted by Gasteiger charge is -2.24. The van der Waals surface area contributed by atoms with Crippen molar-refractivity contribution in [3.8, 4) is 0 Å². The van der Waals surface area contributed by atoms with Crippen LogP contribution in [0, 0.1) is 5.92 Å². The molecule has 1 aliphatic heterocycles. The van der Waals surface area contributed by atoms with Crippen molar-refractivity contribution in [2.24, 2.45) is 5.92 Å². The second-order valence-corrected chi connectivity index (χ2v) is 7.54. The summed E-state index contributed by atoms with van der Waals surface area (Å²) in [6.07, 6.45) is 0.0767. The Kier molecular flexibility index (Phi) is 6.06. The number of rotatable bonds is 6. The van der Waals surface area contributed by atoms with Crippen LogP contribution in [0.15, 0.2) is 59.1 Å². The maximum Gasteiger partial charge on any atom is 0.417 e. The van der Waals surface area contributed by atoms with Gasteiger partial charge in [0, 0.05) is 4.47 Å². The second kappa shape index (κ2) is 8.48. The van der Waals surface area contributed by atoms with Crippen molar-refractivity contribution in [3.63, 3.8) is 0 Å². The summed E-state index contributed by atoms with van der Waals surface area (Å²) in [5.41, 5.74) is 1.87. The number of ether oxygens (including phenoxy) is 1. The number of carbonyl (C=O) groups is 3. The van der Waals surface area contributed by atoms with E-state index in [2.05, 4.69) is 15.9 Å². The Labute approximate surface area is 166 Å². The Morgan fingerprint density at radius 3 is 2.41 bits per heavy atom. The molecule has 27 heavy (non-hydrogen) atoms. The van der Waals surface area contributed by atoms with Gasteiger partial charge >= 0.3 is 6.09 Å². The monoisotopic (exact) mass is 429 g/mol. The first-order chi connectivity index (χ1) is 13.0. The van der Waals surface area contributed by atoms with Gasteiger partial charge in [0.15, 0.2) is 0 Å². The van der Waals surface area contributed by atoms with Gasteiger partial charge in [-0.2, -0.15) is 0 Å². The van der Waals surface area contributed by atoms with Crippen LogP contribution >= 0.6 is 15.9 Å². The van der Waals surface area contributed by atoms with E-state index in [0.29, 0.717) is 6.42 Å². The zero-order chi connectivity index (χ0) is 19.4. The summed E-state index contributed by atoms with van der Waals surface area (Å²) in [7, 11) is 0. The van der Waals surface area contributed by atoms with Gasteiger partial charge in [-0.05, 0) is 43.0 Å². The third kappa shape index (κ3) is 4.63. The third-order valence-electron chi connectivity index (χ3n) is 4.65. The molecular weight excluding hydrogens is 410 g/mol. The lowest BCUT2D eigenvalue weighted by molar-refractivity contribution is -0.138. The van der Waals surface area contributed by atoms with Gasteiger partial charge in [0.2, 0.25) is 5.91 Å². The van der Waals surface area contributed by atoms with Crippen LogP contribution in [-0.2, 0) is 27.2 Å². The van der Waals surface area contributed by atoms with Crippen LogP contribution in [0.3, 0.4) is 0 Å². The highest BCUT2D eigenvalue weighted by Gasteiger charge is 2.42. The number of imide groups is 1. The van der Waals surface area contributed by atoms with Crippen molar-refractivity contribution in [2.75, 3.05) is 6.61 Å². The van der Waals surface area contributed by atoms with E-state index in [1.165, 1.54) is 6.92 Å². The SMILES string of the molecule is CC(=O)[C@H](Cc1ccc(Br)cc1)C(=O)N1C(=O)OC[C@H]1Cc1ccccc1. The number of halogens is 1. The van der Waals surface area contributed by atoms with Crippen molar-refractivity contribution in [1.29, 1.82) is 0 Å². The molecule has 0 aromatic heterocycles. The smallest absolute Gasteiger partial charge is 0.417 e. The number of Topliss-reactive ketones (excluding diaryl/α,β-unsaturated/α-hetero) is 1. The van der Waals surface area contributed by atoms with Gasteiger partial charge in [-0.15, -0.1) is 0 Å². The minimum Gasteiger partial charge on any atom is -0.447 e. The molecule has 0 saturated carbocycles. The summed E-state index contributed by atoms with van der Waals surface area (Å²) in [5, 5.41) is 0. The summed E-state index contributed by atoms with van der Waals surface area (Å²) in [6.45, 7) is 1.53. The number of carbonyl (C=O) groups excluding carboxylic acids is 3. The van der Waals surface area contributed by atoms with Crippen molar-refractivity contribution < 1.29 is 19.1 Å². The molecular formula is C21H20BrNO4. The number of benzene rings is 2. The maximum atomic E-state index is 13.1. The highest BCUT2D eigenvalue weighted by atomic mass is 79.9. The number of nitrogens with zero attached hydrogens (tertiary/aromatic N) is 1. The van der Waals surface area contributed by atoms with Gasteiger partial charge in [-0.3, -0.25) is 9.59 Å². The molecule has 1 aliphatic rings. The van der Waals surface area contributed by atoms with Gasteiger partial charge < -0.3 is 4.74 Å². The molecule has 1 saturated heterocycles. The number of hydrogen-bond acceptors (Lipinski definition) is 4. The highest BCUT2D eigenvalue weighted by Crippen LogP contribution is 2.23. The van der Waals surface area contributed by atoms with Gasteiger partial charge in [0.25, 0.3) is 0 Å². The molecule has 6 heteroatoms. The van der Waals surface area contributed by atoms with Crippen LogP contribution in [0.25, 0.3) is 0 Å². The Morgan fingerprint density at radius 2 is 1.78 bits per heavy atom. The van der Waals surface area contributed by atoms with Gasteiger partial charge in [0.05, 0.1) is 6.04 Å². The predicted molar refractivity (Wildman–Crippen MR) is 104 cm³/mol. The number of ketones is 1. The molecule has 0 unspecified atom stereocenters. The van der Waals surface area contributed by atoms with Crippen LogP contribution in [0.2, 0.25) is 0 Å². The summed E-state index contributed by atoms with van der Waals surface area (Å²) in [5.74, 6) is -1.66. The predicted octanol–water partition coefficient (Wildman–Crippen LogP) is 3.79. The molecule has 2 amide bonds. The first kappa shape index (κ1) is 19.3. The topological polar surface area (TPSA) is 63.7 Å². The lowest BCUT2D eigenvalue weighted by atomic mass is 9.93. The van der Waals surface area contributed by atoms with Crippen LogP contribution in [0.4, 0.5) is 4.79 Å².